The fourth-order valence-corrected chi connectivity index (χ4v) is 4.67. The first-order valence-electron chi connectivity index (χ1n) is 12.9. The van der Waals surface area contributed by atoms with Crippen molar-refractivity contribution in [3.63, 3.8) is 0 Å². The summed E-state index contributed by atoms with van der Waals surface area (Å²) in [6.45, 7) is 17.6. The highest BCUT2D eigenvalue weighted by molar-refractivity contribution is 5.81. The zero-order valence-corrected chi connectivity index (χ0v) is 22.0. The molecular formula is C31H44O2. The number of fused-ring (bicyclic) bond motifs is 1. The molecule has 0 amide bonds. The standard InChI is InChI=1S/C31H44O2/c1-8-10-18-32-28-15-12-24(21-29(28)33-19-11-9-2)20-23(3)25-13-14-26-27(22-25)31(6,7)17-16-30(26,4)5/h12-15,20-22H,8-11,16-19H2,1-7H3. The first-order valence-corrected chi connectivity index (χ1v) is 12.9. The topological polar surface area (TPSA) is 18.5 Å². The van der Waals surface area contributed by atoms with Crippen molar-refractivity contribution in [2.45, 2.75) is 97.8 Å². The molecule has 180 valence electrons. The molecule has 1 aliphatic rings. The lowest BCUT2D eigenvalue weighted by molar-refractivity contribution is 0.262. The largest absolute Gasteiger partial charge is 0.490 e. The van der Waals surface area contributed by atoms with Crippen molar-refractivity contribution < 1.29 is 9.47 Å². The second kappa shape index (κ2) is 10.8. The van der Waals surface area contributed by atoms with Gasteiger partial charge in [0, 0.05) is 0 Å². The van der Waals surface area contributed by atoms with Crippen LogP contribution in [-0.2, 0) is 10.8 Å². The van der Waals surface area contributed by atoms with E-state index in [-0.39, 0.29) is 10.8 Å². The number of rotatable bonds is 10. The van der Waals surface area contributed by atoms with Crippen molar-refractivity contribution in [2.75, 3.05) is 13.2 Å². The normalized spacial score (nSPS) is 16.9. The van der Waals surface area contributed by atoms with Crippen LogP contribution >= 0.6 is 0 Å². The minimum absolute atomic E-state index is 0.221. The van der Waals surface area contributed by atoms with Gasteiger partial charge in [-0.05, 0) is 83.4 Å². The monoisotopic (exact) mass is 448 g/mol. The molecule has 0 fully saturated rings. The number of unbranched alkanes of at least 4 members (excludes halogenated alkanes) is 2. The molecule has 0 saturated heterocycles. The summed E-state index contributed by atoms with van der Waals surface area (Å²) in [5.41, 5.74) is 7.22. The molecule has 0 N–H and O–H groups in total. The Balaban J connectivity index is 1.90. The first kappa shape index (κ1) is 25.4. The summed E-state index contributed by atoms with van der Waals surface area (Å²) in [6.07, 6.45) is 9.10. The van der Waals surface area contributed by atoms with Crippen molar-refractivity contribution in [1.82, 2.24) is 0 Å². The van der Waals surface area contributed by atoms with Gasteiger partial charge in [-0.25, -0.2) is 0 Å². The zero-order valence-electron chi connectivity index (χ0n) is 22.0. The van der Waals surface area contributed by atoms with Gasteiger partial charge in [0.1, 0.15) is 0 Å². The van der Waals surface area contributed by atoms with Crippen LogP contribution in [0, 0.1) is 0 Å². The van der Waals surface area contributed by atoms with Crippen molar-refractivity contribution in [3.05, 3.63) is 58.7 Å². The molecule has 1 aliphatic carbocycles. The van der Waals surface area contributed by atoms with Crippen molar-refractivity contribution in [3.8, 4) is 11.5 Å². The summed E-state index contributed by atoms with van der Waals surface area (Å²) < 4.78 is 12.1. The van der Waals surface area contributed by atoms with Crippen LogP contribution in [0.1, 0.15) is 109 Å². The van der Waals surface area contributed by atoms with Crippen LogP contribution in [0.4, 0.5) is 0 Å². The van der Waals surface area contributed by atoms with Gasteiger partial charge in [-0.2, -0.15) is 0 Å². The Morgan fingerprint density at radius 1 is 0.788 bits per heavy atom. The third-order valence-corrected chi connectivity index (χ3v) is 7.17. The Kier molecular flexibility index (Phi) is 8.32. The fourth-order valence-electron chi connectivity index (χ4n) is 4.67. The predicted molar refractivity (Wildman–Crippen MR) is 143 cm³/mol. The third-order valence-electron chi connectivity index (χ3n) is 7.17. The Hall–Kier alpha value is -2.22. The van der Waals surface area contributed by atoms with E-state index in [1.54, 1.807) is 0 Å². The summed E-state index contributed by atoms with van der Waals surface area (Å²) >= 11 is 0. The number of allylic oxidation sites excluding steroid dienone is 1. The fraction of sp³-hybridized carbons (Fsp3) is 0.548. The molecule has 2 nitrogen and oxygen atoms in total. The van der Waals surface area contributed by atoms with E-state index in [0.717, 1.165) is 56.0 Å². The molecule has 2 aromatic rings. The molecule has 0 aromatic heterocycles. The van der Waals surface area contributed by atoms with Crippen molar-refractivity contribution >= 4 is 11.6 Å². The van der Waals surface area contributed by atoms with Crippen LogP contribution in [0.3, 0.4) is 0 Å². The molecule has 0 bridgehead atoms. The summed E-state index contributed by atoms with van der Waals surface area (Å²) in [5, 5.41) is 0. The van der Waals surface area contributed by atoms with E-state index in [2.05, 4.69) is 90.9 Å². The van der Waals surface area contributed by atoms with Gasteiger partial charge >= 0.3 is 0 Å². The van der Waals surface area contributed by atoms with E-state index >= 15 is 0 Å². The maximum atomic E-state index is 6.11. The zero-order chi connectivity index (χ0) is 24.1. The molecule has 0 atom stereocenters. The highest BCUT2D eigenvalue weighted by Crippen LogP contribution is 2.46. The maximum absolute atomic E-state index is 6.11. The molecule has 0 radical (unpaired) electrons. The minimum Gasteiger partial charge on any atom is -0.490 e. The average Bonchev–Trinajstić information content (AvgIpc) is 2.78. The lowest BCUT2D eigenvalue weighted by Crippen LogP contribution is -2.33. The number of ether oxygens (including phenoxy) is 2. The molecule has 0 heterocycles. The van der Waals surface area contributed by atoms with Gasteiger partial charge in [0.05, 0.1) is 13.2 Å². The van der Waals surface area contributed by atoms with Crippen LogP contribution in [0.25, 0.3) is 11.6 Å². The molecular weight excluding hydrogens is 404 g/mol. The Bertz CT molecular complexity index is 965. The second-order valence-corrected chi connectivity index (χ2v) is 11.0. The van der Waals surface area contributed by atoms with Gasteiger partial charge in [0.25, 0.3) is 0 Å². The van der Waals surface area contributed by atoms with Gasteiger partial charge in [-0.3, -0.25) is 0 Å². The van der Waals surface area contributed by atoms with Gasteiger partial charge in [0.15, 0.2) is 11.5 Å². The molecule has 0 spiro atoms. The Morgan fingerprint density at radius 2 is 1.39 bits per heavy atom. The third kappa shape index (κ3) is 6.22. The van der Waals surface area contributed by atoms with Crippen molar-refractivity contribution in [1.29, 1.82) is 0 Å². The number of benzene rings is 2. The molecule has 3 rings (SSSR count). The lowest BCUT2D eigenvalue weighted by atomic mass is 9.63. The van der Waals surface area contributed by atoms with E-state index < -0.39 is 0 Å². The van der Waals surface area contributed by atoms with Crippen LogP contribution in [0.5, 0.6) is 11.5 Å². The van der Waals surface area contributed by atoms with Crippen LogP contribution in [-0.4, -0.2) is 13.2 Å². The molecule has 0 saturated carbocycles. The minimum atomic E-state index is 0.221. The molecule has 33 heavy (non-hydrogen) atoms. The quantitative estimate of drug-likeness (QED) is 0.267. The van der Waals surface area contributed by atoms with Crippen LogP contribution in [0.2, 0.25) is 0 Å². The number of hydrogen-bond donors (Lipinski definition) is 0. The highest BCUT2D eigenvalue weighted by atomic mass is 16.5. The van der Waals surface area contributed by atoms with Gasteiger partial charge in [-0.15, -0.1) is 0 Å². The van der Waals surface area contributed by atoms with E-state index in [4.69, 9.17) is 9.47 Å². The average molecular weight is 449 g/mol. The second-order valence-electron chi connectivity index (χ2n) is 11.0. The number of hydrogen-bond acceptors (Lipinski definition) is 2. The van der Waals surface area contributed by atoms with E-state index in [9.17, 15) is 0 Å². The smallest absolute Gasteiger partial charge is 0.161 e. The molecule has 0 unspecified atom stereocenters. The summed E-state index contributed by atoms with van der Waals surface area (Å²) in [4.78, 5) is 0. The summed E-state index contributed by atoms with van der Waals surface area (Å²) in [5.74, 6) is 1.71. The van der Waals surface area contributed by atoms with Crippen molar-refractivity contribution in [2.24, 2.45) is 0 Å². The molecule has 2 heteroatoms. The first-order chi connectivity index (χ1) is 15.7. The van der Waals surface area contributed by atoms with E-state index in [0.29, 0.717) is 0 Å². The lowest BCUT2D eigenvalue weighted by Gasteiger charge is -2.42. The van der Waals surface area contributed by atoms with Crippen LogP contribution < -0.4 is 9.47 Å². The molecule has 2 aromatic carbocycles. The Morgan fingerprint density at radius 3 is 2.03 bits per heavy atom. The van der Waals surface area contributed by atoms with E-state index in [1.807, 2.05) is 0 Å². The van der Waals surface area contributed by atoms with Gasteiger partial charge in [0.2, 0.25) is 0 Å². The Labute approximate surface area is 202 Å². The highest BCUT2D eigenvalue weighted by Gasteiger charge is 2.36. The SMILES string of the molecule is CCCCOc1ccc(C=C(C)c2ccc3c(c2)C(C)(C)CCC3(C)C)cc1OCCCC. The summed E-state index contributed by atoms with van der Waals surface area (Å²) in [6, 6.07) is 13.4. The van der Waals surface area contributed by atoms with Crippen LogP contribution in [0.15, 0.2) is 36.4 Å². The summed E-state index contributed by atoms with van der Waals surface area (Å²) in [7, 11) is 0. The van der Waals surface area contributed by atoms with Gasteiger partial charge < -0.3 is 9.47 Å². The molecule has 0 aliphatic heterocycles. The maximum Gasteiger partial charge on any atom is 0.161 e. The van der Waals surface area contributed by atoms with E-state index in [1.165, 1.54) is 35.1 Å². The predicted octanol–water partition coefficient (Wildman–Crippen LogP) is 8.95. The van der Waals surface area contributed by atoms with Gasteiger partial charge in [-0.1, -0.05) is 84.7 Å².